The second kappa shape index (κ2) is 11.2. The molecule has 178 valence electrons. The van der Waals surface area contributed by atoms with Gasteiger partial charge in [-0.15, -0.1) is 0 Å². The second-order valence-electron chi connectivity index (χ2n) is 9.57. The summed E-state index contributed by atoms with van der Waals surface area (Å²) in [7, 11) is 1.73. The van der Waals surface area contributed by atoms with Crippen molar-refractivity contribution in [1.82, 2.24) is 15.1 Å². The van der Waals surface area contributed by atoms with Gasteiger partial charge in [0.25, 0.3) is 0 Å². The topological polar surface area (TPSA) is 88.2 Å². The molecule has 0 unspecified atom stereocenters. The summed E-state index contributed by atoms with van der Waals surface area (Å²) in [5.41, 5.74) is 0.346. The number of carbonyl (C=O) groups is 3. The summed E-state index contributed by atoms with van der Waals surface area (Å²) < 4.78 is 10.9. The van der Waals surface area contributed by atoms with E-state index in [0.717, 1.165) is 5.56 Å². The van der Waals surface area contributed by atoms with Gasteiger partial charge in [-0.05, 0) is 45.1 Å². The molecule has 8 nitrogen and oxygen atoms in total. The molecule has 0 aromatic heterocycles. The molecule has 2 rings (SSSR count). The van der Waals surface area contributed by atoms with Crippen molar-refractivity contribution in [2.75, 3.05) is 20.1 Å². The maximum Gasteiger partial charge on any atom is 0.410 e. The number of rotatable bonds is 6. The first-order chi connectivity index (χ1) is 15.0. The molecule has 1 atom stereocenters. The monoisotopic (exact) mass is 447 g/mol. The van der Waals surface area contributed by atoms with Crippen LogP contribution in [-0.2, 0) is 20.9 Å². The van der Waals surface area contributed by atoms with E-state index in [1.54, 1.807) is 16.8 Å². The Bertz CT molecular complexity index is 768. The lowest BCUT2D eigenvalue weighted by Gasteiger charge is -2.37. The molecule has 1 aromatic carbocycles. The number of hydrogen-bond acceptors (Lipinski definition) is 5. The lowest BCUT2D eigenvalue weighted by molar-refractivity contribution is -0.148. The number of benzene rings is 1. The van der Waals surface area contributed by atoms with E-state index in [4.69, 9.17) is 9.47 Å². The molecular formula is C24H37N3O5. The van der Waals surface area contributed by atoms with Crippen LogP contribution in [0.25, 0.3) is 0 Å². The molecule has 1 heterocycles. The Labute approximate surface area is 191 Å². The Morgan fingerprint density at radius 3 is 2.25 bits per heavy atom. The van der Waals surface area contributed by atoms with E-state index in [2.05, 4.69) is 5.32 Å². The molecule has 1 fully saturated rings. The summed E-state index contributed by atoms with van der Waals surface area (Å²) in [5.74, 6) is -0.560. The van der Waals surface area contributed by atoms with E-state index in [0.29, 0.717) is 25.9 Å². The first-order valence-corrected chi connectivity index (χ1v) is 11.2. The predicted molar refractivity (Wildman–Crippen MR) is 122 cm³/mol. The normalized spacial score (nSPS) is 15.8. The van der Waals surface area contributed by atoms with Crippen LogP contribution in [0.3, 0.4) is 0 Å². The Hall–Kier alpha value is -2.77. The van der Waals surface area contributed by atoms with Gasteiger partial charge in [0.05, 0.1) is 0 Å². The van der Waals surface area contributed by atoms with Gasteiger partial charge in [-0.2, -0.15) is 0 Å². The van der Waals surface area contributed by atoms with Crippen LogP contribution in [0.4, 0.5) is 9.59 Å². The summed E-state index contributed by atoms with van der Waals surface area (Å²) in [4.78, 5) is 41.0. The molecule has 0 saturated carbocycles. The number of hydrogen-bond donors (Lipinski definition) is 1. The minimum Gasteiger partial charge on any atom is -0.459 e. The zero-order chi connectivity index (χ0) is 23.9. The maximum absolute atomic E-state index is 12.8. The smallest absolute Gasteiger partial charge is 0.410 e. The van der Waals surface area contributed by atoms with Crippen LogP contribution >= 0.6 is 0 Å². The summed E-state index contributed by atoms with van der Waals surface area (Å²) in [6, 6.07) is 8.42. The van der Waals surface area contributed by atoms with Crippen LogP contribution in [-0.4, -0.2) is 65.7 Å². The van der Waals surface area contributed by atoms with Gasteiger partial charge < -0.3 is 24.6 Å². The molecule has 1 saturated heterocycles. The number of amides is 3. The molecule has 0 aliphatic carbocycles. The third-order valence-corrected chi connectivity index (χ3v) is 5.40. The molecule has 3 amide bonds. The minimum atomic E-state index is -0.728. The minimum absolute atomic E-state index is 0.00522. The van der Waals surface area contributed by atoms with Crippen LogP contribution in [0, 0.1) is 5.92 Å². The second-order valence-corrected chi connectivity index (χ2v) is 9.57. The Kier molecular flexibility index (Phi) is 8.92. The highest BCUT2D eigenvalue weighted by Gasteiger charge is 2.32. The largest absolute Gasteiger partial charge is 0.459 e. The van der Waals surface area contributed by atoms with Crippen molar-refractivity contribution in [3.05, 3.63) is 35.9 Å². The molecule has 1 N–H and O–H groups in total. The Morgan fingerprint density at radius 2 is 1.72 bits per heavy atom. The first-order valence-electron chi connectivity index (χ1n) is 11.2. The first kappa shape index (κ1) is 25.5. The number of carbonyl (C=O) groups excluding carboxylic acids is 3. The third kappa shape index (κ3) is 7.73. The predicted octanol–water partition coefficient (Wildman–Crippen LogP) is 3.80. The average molecular weight is 448 g/mol. The van der Waals surface area contributed by atoms with Crippen molar-refractivity contribution in [2.24, 2.45) is 5.92 Å². The fourth-order valence-electron chi connectivity index (χ4n) is 3.48. The van der Waals surface area contributed by atoms with Gasteiger partial charge in [0, 0.05) is 26.2 Å². The molecule has 1 aliphatic rings. The van der Waals surface area contributed by atoms with Crippen LogP contribution in [0.1, 0.15) is 53.0 Å². The van der Waals surface area contributed by atoms with Gasteiger partial charge in [0.15, 0.2) is 0 Å². The van der Waals surface area contributed by atoms with E-state index in [1.807, 2.05) is 65.0 Å². The number of esters is 1. The Morgan fingerprint density at radius 1 is 1.12 bits per heavy atom. The van der Waals surface area contributed by atoms with Gasteiger partial charge in [-0.25, -0.2) is 14.4 Å². The average Bonchev–Trinajstić information content (AvgIpc) is 2.74. The molecule has 1 aliphatic heterocycles. The van der Waals surface area contributed by atoms with Crippen LogP contribution < -0.4 is 5.32 Å². The van der Waals surface area contributed by atoms with Gasteiger partial charge in [0.2, 0.25) is 0 Å². The molecule has 8 heteroatoms. The SMILES string of the molecule is CC(C)[C@H](NC(=O)N1CCC(N(C)C(=O)OC(C)(C)C)CC1)C(=O)OCc1ccccc1. The molecule has 1 aromatic rings. The quantitative estimate of drug-likeness (QED) is 0.670. The number of nitrogens with one attached hydrogen (secondary N) is 1. The van der Waals surface area contributed by atoms with Gasteiger partial charge in [0.1, 0.15) is 18.2 Å². The maximum atomic E-state index is 12.8. The molecular weight excluding hydrogens is 410 g/mol. The van der Waals surface area contributed by atoms with Crippen LogP contribution in [0.5, 0.6) is 0 Å². The molecule has 0 bridgehead atoms. The fraction of sp³-hybridized carbons (Fsp3) is 0.625. The van der Waals surface area contributed by atoms with E-state index in [1.165, 1.54) is 0 Å². The summed E-state index contributed by atoms with van der Waals surface area (Å²) in [6.45, 7) is 10.4. The van der Waals surface area contributed by atoms with Crippen molar-refractivity contribution >= 4 is 18.1 Å². The lowest BCUT2D eigenvalue weighted by atomic mass is 10.0. The van der Waals surface area contributed by atoms with Crippen molar-refractivity contribution in [1.29, 1.82) is 0 Å². The number of ether oxygens (including phenoxy) is 2. The van der Waals surface area contributed by atoms with Gasteiger partial charge >= 0.3 is 18.1 Å². The van der Waals surface area contributed by atoms with Gasteiger partial charge in [-0.3, -0.25) is 0 Å². The van der Waals surface area contributed by atoms with E-state index < -0.39 is 17.6 Å². The highest BCUT2D eigenvalue weighted by atomic mass is 16.6. The van der Waals surface area contributed by atoms with E-state index in [9.17, 15) is 14.4 Å². The summed E-state index contributed by atoms with van der Waals surface area (Å²) in [6.07, 6.45) is 0.934. The summed E-state index contributed by atoms with van der Waals surface area (Å²) >= 11 is 0. The van der Waals surface area contributed by atoms with Gasteiger partial charge in [-0.1, -0.05) is 44.2 Å². The number of piperidine rings is 1. The van der Waals surface area contributed by atoms with Crippen LogP contribution in [0.15, 0.2) is 30.3 Å². The number of likely N-dealkylation sites (tertiary alicyclic amines) is 1. The number of nitrogens with zero attached hydrogens (tertiary/aromatic N) is 2. The standard InChI is InChI=1S/C24H37N3O5/c1-17(2)20(21(28)31-16-18-10-8-7-9-11-18)25-22(29)27-14-12-19(13-15-27)26(6)23(30)32-24(3,4)5/h7-11,17,19-20H,12-16H2,1-6H3,(H,25,29)/t20-/m0/s1. The number of urea groups is 1. The zero-order valence-corrected chi connectivity index (χ0v) is 20.1. The lowest BCUT2D eigenvalue weighted by Crippen LogP contribution is -2.54. The zero-order valence-electron chi connectivity index (χ0n) is 20.1. The van der Waals surface area contributed by atoms with E-state index >= 15 is 0 Å². The fourth-order valence-corrected chi connectivity index (χ4v) is 3.48. The molecule has 32 heavy (non-hydrogen) atoms. The van der Waals surface area contributed by atoms with Crippen molar-refractivity contribution < 1.29 is 23.9 Å². The summed E-state index contributed by atoms with van der Waals surface area (Å²) in [5, 5.41) is 2.83. The van der Waals surface area contributed by atoms with Crippen molar-refractivity contribution in [2.45, 2.75) is 71.8 Å². The van der Waals surface area contributed by atoms with Crippen molar-refractivity contribution in [3.8, 4) is 0 Å². The highest BCUT2D eigenvalue weighted by molar-refractivity contribution is 5.84. The Balaban J connectivity index is 1.85. The highest BCUT2D eigenvalue weighted by Crippen LogP contribution is 2.19. The van der Waals surface area contributed by atoms with E-state index in [-0.39, 0.29) is 30.7 Å². The molecule has 0 spiro atoms. The molecule has 0 radical (unpaired) electrons. The third-order valence-electron chi connectivity index (χ3n) is 5.40. The van der Waals surface area contributed by atoms with Crippen molar-refractivity contribution in [3.63, 3.8) is 0 Å². The van der Waals surface area contributed by atoms with Crippen LogP contribution in [0.2, 0.25) is 0 Å².